The normalized spacial score (nSPS) is 9.86. The zero-order chi connectivity index (χ0) is 10.6. The molecule has 4 nitrogen and oxygen atoms in total. The number of rotatable bonds is 4. The Morgan fingerprint density at radius 1 is 1.64 bits per heavy atom. The minimum atomic E-state index is -0.329. The van der Waals surface area contributed by atoms with Crippen LogP contribution in [0.3, 0.4) is 0 Å². The van der Waals surface area contributed by atoms with Crippen molar-refractivity contribution in [3.8, 4) is 0 Å². The minimum absolute atomic E-state index is 0.298. The number of nitrogens with two attached hydrogens (primary N) is 1. The van der Waals surface area contributed by atoms with E-state index in [1.54, 1.807) is 12.4 Å². The highest BCUT2D eigenvalue weighted by atomic mass is 35.5. The molecule has 14 heavy (non-hydrogen) atoms. The minimum Gasteiger partial charge on any atom is -0.383 e. The summed E-state index contributed by atoms with van der Waals surface area (Å²) in [5.74, 6) is -0.329. The van der Waals surface area contributed by atoms with E-state index in [-0.39, 0.29) is 5.91 Å². The molecule has 0 atom stereocenters. The quantitative estimate of drug-likeness (QED) is 0.793. The standard InChI is InChI=1S/C9H12ClN3O/c1-6-7(10)4-12-5-8(6)13-3-2-9(11)14/h4-5,13H,2-3H2,1H3,(H2,11,14). The van der Waals surface area contributed by atoms with Gasteiger partial charge in [0.2, 0.25) is 5.91 Å². The first kappa shape index (κ1) is 10.8. The average molecular weight is 214 g/mol. The van der Waals surface area contributed by atoms with Gasteiger partial charge in [0, 0.05) is 19.2 Å². The van der Waals surface area contributed by atoms with Gasteiger partial charge in [-0.05, 0) is 12.5 Å². The third-order valence-corrected chi connectivity index (χ3v) is 2.22. The fraction of sp³-hybridized carbons (Fsp3) is 0.333. The highest BCUT2D eigenvalue weighted by Gasteiger charge is 2.02. The Labute approximate surface area is 87.5 Å². The van der Waals surface area contributed by atoms with Crippen molar-refractivity contribution in [1.29, 1.82) is 0 Å². The highest BCUT2D eigenvalue weighted by molar-refractivity contribution is 6.31. The lowest BCUT2D eigenvalue weighted by Gasteiger charge is -2.08. The molecule has 0 aromatic carbocycles. The van der Waals surface area contributed by atoms with Gasteiger partial charge in [0.1, 0.15) is 0 Å². The molecule has 1 rings (SSSR count). The molecular formula is C9H12ClN3O. The number of nitrogens with zero attached hydrogens (tertiary/aromatic N) is 1. The zero-order valence-corrected chi connectivity index (χ0v) is 8.64. The Morgan fingerprint density at radius 2 is 2.36 bits per heavy atom. The summed E-state index contributed by atoms with van der Waals surface area (Å²) >= 11 is 5.86. The van der Waals surface area contributed by atoms with Crippen molar-refractivity contribution in [2.75, 3.05) is 11.9 Å². The number of amides is 1. The lowest BCUT2D eigenvalue weighted by atomic mass is 10.2. The topological polar surface area (TPSA) is 68.0 Å². The molecule has 1 aromatic heterocycles. The maximum atomic E-state index is 10.5. The molecule has 0 saturated carbocycles. The van der Waals surface area contributed by atoms with Crippen LogP contribution in [0.1, 0.15) is 12.0 Å². The molecule has 3 N–H and O–H groups in total. The number of hydrogen-bond acceptors (Lipinski definition) is 3. The fourth-order valence-electron chi connectivity index (χ4n) is 0.998. The van der Waals surface area contributed by atoms with Gasteiger partial charge in [-0.2, -0.15) is 0 Å². The molecular weight excluding hydrogens is 202 g/mol. The van der Waals surface area contributed by atoms with E-state index < -0.39 is 0 Å². The van der Waals surface area contributed by atoms with Crippen molar-refractivity contribution in [1.82, 2.24) is 4.98 Å². The van der Waals surface area contributed by atoms with E-state index in [2.05, 4.69) is 10.3 Å². The second kappa shape index (κ2) is 4.81. The summed E-state index contributed by atoms with van der Waals surface area (Å²) in [5, 5.41) is 3.64. The van der Waals surface area contributed by atoms with Crippen LogP contribution < -0.4 is 11.1 Å². The summed E-state index contributed by atoms with van der Waals surface area (Å²) in [5.41, 5.74) is 6.76. The highest BCUT2D eigenvalue weighted by Crippen LogP contribution is 2.20. The predicted molar refractivity (Wildman–Crippen MR) is 56.3 cm³/mol. The van der Waals surface area contributed by atoms with E-state index in [1.807, 2.05) is 6.92 Å². The summed E-state index contributed by atoms with van der Waals surface area (Å²) in [4.78, 5) is 14.4. The van der Waals surface area contributed by atoms with Gasteiger partial charge in [0.15, 0.2) is 0 Å². The number of aromatic nitrogens is 1. The number of carbonyl (C=O) groups excluding carboxylic acids is 1. The van der Waals surface area contributed by atoms with E-state index in [9.17, 15) is 4.79 Å². The number of anilines is 1. The average Bonchev–Trinajstić information content (AvgIpc) is 2.12. The van der Waals surface area contributed by atoms with Crippen LogP contribution in [0, 0.1) is 6.92 Å². The Balaban J connectivity index is 2.59. The number of primary amides is 1. The van der Waals surface area contributed by atoms with Crippen molar-refractivity contribution < 1.29 is 4.79 Å². The molecule has 1 heterocycles. The number of pyridine rings is 1. The first-order valence-corrected chi connectivity index (χ1v) is 4.61. The number of hydrogen-bond donors (Lipinski definition) is 2. The van der Waals surface area contributed by atoms with Crippen LogP contribution >= 0.6 is 11.6 Å². The predicted octanol–water partition coefficient (Wildman–Crippen LogP) is 1.33. The Bertz CT molecular complexity index is 341. The smallest absolute Gasteiger partial charge is 0.219 e. The van der Waals surface area contributed by atoms with Crippen LogP contribution in [0.4, 0.5) is 5.69 Å². The second-order valence-corrected chi connectivity index (χ2v) is 3.34. The van der Waals surface area contributed by atoms with E-state index in [0.717, 1.165) is 11.3 Å². The van der Waals surface area contributed by atoms with Gasteiger partial charge >= 0.3 is 0 Å². The van der Waals surface area contributed by atoms with Crippen LogP contribution in [0.5, 0.6) is 0 Å². The maximum absolute atomic E-state index is 10.5. The maximum Gasteiger partial charge on any atom is 0.219 e. The lowest BCUT2D eigenvalue weighted by Crippen LogP contribution is -2.16. The van der Waals surface area contributed by atoms with Crippen molar-refractivity contribution in [3.63, 3.8) is 0 Å². The summed E-state index contributed by atoms with van der Waals surface area (Å²) in [6, 6.07) is 0. The third kappa shape index (κ3) is 2.88. The monoisotopic (exact) mass is 213 g/mol. The van der Waals surface area contributed by atoms with Crippen molar-refractivity contribution in [3.05, 3.63) is 23.0 Å². The summed E-state index contributed by atoms with van der Waals surface area (Å²) in [6.45, 7) is 2.38. The molecule has 0 aliphatic heterocycles. The molecule has 0 aliphatic rings. The van der Waals surface area contributed by atoms with E-state index in [0.29, 0.717) is 18.0 Å². The van der Waals surface area contributed by atoms with Gasteiger partial charge in [-0.15, -0.1) is 0 Å². The largest absolute Gasteiger partial charge is 0.383 e. The third-order valence-electron chi connectivity index (χ3n) is 1.84. The molecule has 0 radical (unpaired) electrons. The lowest BCUT2D eigenvalue weighted by molar-refractivity contribution is -0.117. The molecule has 0 aliphatic carbocycles. The molecule has 0 fully saturated rings. The number of carbonyl (C=O) groups is 1. The van der Waals surface area contributed by atoms with Crippen molar-refractivity contribution in [2.45, 2.75) is 13.3 Å². The van der Waals surface area contributed by atoms with Crippen LogP contribution in [0.15, 0.2) is 12.4 Å². The molecule has 1 amide bonds. The second-order valence-electron chi connectivity index (χ2n) is 2.94. The van der Waals surface area contributed by atoms with Crippen molar-refractivity contribution in [2.24, 2.45) is 5.73 Å². The molecule has 0 bridgehead atoms. The van der Waals surface area contributed by atoms with Crippen LogP contribution in [-0.2, 0) is 4.79 Å². The Morgan fingerprint density at radius 3 is 3.00 bits per heavy atom. The molecule has 1 aromatic rings. The fourth-order valence-corrected chi connectivity index (χ4v) is 1.16. The zero-order valence-electron chi connectivity index (χ0n) is 7.88. The van der Waals surface area contributed by atoms with Gasteiger partial charge in [-0.25, -0.2) is 0 Å². The first-order valence-electron chi connectivity index (χ1n) is 4.23. The van der Waals surface area contributed by atoms with E-state index >= 15 is 0 Å². The molecule has 5 heteroatoms. The van der Waals surface area contributed by atoms with E-state index in [4.69, 9.17) is 17.3 Å². The van der Waals surface area contributed by atoms with Gasteiger partial charge < -0.3 is 11.1 Å². The van der Waals surface area contributed by atoms with Gasteiger partial charge in [0.05, 0.1) is 16.9 Å². The van der Waals surface area contributed by atoms with Gasteiger partial charge in [-0.3, -0.25) is 9.78 Å². The van der Waals surface area contributed by atoms with E-state index in [1.165, 1.54) is 0 Å². The molecule has 76 valence electrons. The number of nitrogens with one attached hydrogen (secondary N) is 1. The Kier molecular flexibility index (Phi) is 3.71. The number of halogens is 1. The van der Waals surface area contributed by atoms with Gasteiger partial charge in [0.25, 0.3) is 0 Å². The molecule has 0 spiro atoms. The first-order chi connectivity index (χ1) is 6.61. The van der Waals surface area contributed by atoms with Gasteiger partial charge in [-0.1, -0.05) is 11.6 Å². The van der Waals surface area contributed by atoms with Crippen LogP contribution in [0.25, 0.3) is 0 Å². The SMILES string of the molecule is Cc1c(Cl)cncc1NCCC(N)=O. The molecule has 0 unspecified atom stereocenters. The summed E-state index contributed by atoms with van der Waals surface area (Å²) in [6.07, 6.45) is 3.55. The van der Waals surface area contributed by atoms with Crippen molar-refractivity contribution >= 4 is 23.2 Å². The molecule has 0 saturated heterocycles. The summed E-state index contributed by atoms with van der Waals surface area (Å²) < 4.78 is 0. The Hall–Kier alpha value is -1.29. The summed E-state index contributed by atoms with van der Waals surface area (Å²) in [7, 11) is 0. The van der Waals surface area contributed by atoms with Crippen LogP contribution in [0.2, 0.25) is 5.02 Å². The van der Waals surface area contributed by atoms with Crippen LogP contribution in [-0.4, -0.2) is 17.4 Å².